The molecule has 0 atom stereocenters. The molecule has 2 aliphatic carbocycles. The van der Waals surface area contributed by atoms with Gasteiger partial charge in [0.15, 0.2) is 0 Å². The van der Waals surface area contributed by atoms with E-state index in [1.165, 1.54) is 45.0 Å². The number of carbonyl (C=O) groups excluding carboxylic acids is 2. The van der Waals surface area contributed by atoms with Crippen molar-refractivity contribution in [1.82, 2.24) is 4.90 Å². The zero-order chi connectivity index (χ0) is 14.2. The molecule has 0 aromatic heterocycles. The Morgan fingerprint density at radius 3 is 1.90 bits per heavy atom. The molecular weight excluding hydrogens is 254 g/mol. The summed E-state index contributed by atoms with van der Waals surface area (Å²) in [5, 5.41) is 0. The molecule has 1 amide bonds. The van der Waals surface area contributed by atoms with Crippen LogP contribution in [-0.4, -0.2) is 36.0 Å². The average molecular weight is 280 g/mol. The molecule has 0 aliphatic heterocycles. The Bertz CT molecular complexity index is 289. The number of amides is 1. The van der Waals surface area contributed by atoms with Gasteiger partial charge in [-0.2, -0.15) is 0 Å². The van der Waals surface area contributed by atoms with Crippen molar-refractivity contribution in [2.24, 2.45) is 0 Å². The number of hydrogen-bond acceptors (Lipinski definition) is 3. The van der Waals surface area contributed by atoms with Crippen LogP contribution in [0.3, 0.4) is 0 Å². The molecule has 1 radical (unpaired) electrons. The first-order chi connectivity index (χ1) is 9.83. The maximum atomic E-state index is 12.5. The molecular formula is C16H26NO3. The lowest BCUT2D eigenvalue weighted by molar-refractivity contribution is -0.138. The van der Waals surface area contributed by atoms with Crippen LogP contribution in [0.5, 0.6) is 0 Å². The second-order valence-electron chi connectivity index (χ2n) is 6.07. The van der Waals surface area contributed by atoms with Crippen molar-refractivity contribution in [3.8, 4) is 0 Å². The van der Waals surface area contributed by atoms with Gasteiger partial charge in [-0.05, 0) is 25.7 Å². The number of nitrogens with zero attached hydrogens (tertiary/aromatic N) is 1. The summed E-state index contributed by atoms with van der Waals surface area (Å²) in [6, 6.07) is 0.833. The van der Waals surface area contributed by atoms with Crippen LogP contribution in [0.25, 0.3) is 0 Å². The first-order valence-electron chi connectivity index (χ1n) is 8.13. The van der Waals surface area contributed by atoms with Gasteiger partial charge < -0.3 is 9.64 Å². The maximum Gasteiger partial charge on any atom is 0.417 e. The Kier molecular flexibility index (Phi) is 6.34. The molecule has 0 aromatic carbocycles. The first kappa shape index (κ1) is 15.3. The third-order valence-corrected chi connectivity index (χ3v) is 4.70. The molecule has 2 rings (SSSR count). The monoisotopic (exact) mass is 280 g/mol. The van der Waals surface area contributed by atoms with Gasteiger partial charge in [0, 0.05) is 12.1 Å². The van der Waals surface area contributed by atoms with Crippen LogP contribution in [0, 0.1) is 0 Å². The predicted octanol–water partition coefficient (Wildman–Crippen LogP) is 2.95. The molecule has 4 nitrogen and oxygen atoms in total. The molecule has 0 unspecified atom stereocenters. The molecule has 0 N–H and O–H groups in total. The van der Waals surface area contributed by atoms with Crippen molar-refractivity contribution in [2.75, 3.05) is 6.61 Å². The van der Waals surface area contributed by atoms with Crippen LogP contribution in [0.1, 0.15) is 70.6 Å². The molecule has 4 heteroatoms. The van der Waals surface area contributed by atoms with E-state index >= 15 is 0 Å². The van der Waals surface area contributed by atoms with E-state index in [1.807, 2.05) is 0 Å². The van der Waals surface area contributed by atoms with E-state index in [2.05, 4.69) is 9.64 Å². The minimum Gasteiger partial charge on any atom is -0.457 e. The minimum absolute atomic E-state index is 0.165. The van der Waals surface area contributed by atoms with Gasteiger partial charge in [0.05, 0.1) is 6.42 Å². The van der Waals surface area contributed by atoms with E-state index in [9.17, 15) is 9.59 Å². The second kappa shape index (κ2) is 8.28. The zero-order valence-electron chi connectivity index (χ0n) is 12.3. The predicted molar refractivity (Wildman–Crippen MR) is 76.9 cm³/mol. The molecule has 113 valence electrons. The molecule has 2 aliphatic rings. The van der Waals surface area contributed by atoms with Crippen molar-refractivity contribution < 1.29 is 14.3 Å². The summed E-state index contributed by atoms with van der Waals surface area (Å²) < 4.78 is 4.58. The van der Waals surface area contributed by atoms with Crippen molar-refractivity contribution in [3.05, 3.63) is 0 Å². The van der Waals surface area contributed by atoms with Gasteiger partial charge in [0.1, 0.15) is 6.61 Å². The van der Waals surface area contributed by atoms with Crippen molar-refractivity contribution in [1.29, 1.82) is 0 Å². The minimum atomic E-state index is 0.165. The zero-order valence-corrected chi connectivity index (χ0v) is 12.3. The summed E-state index contributed by atoms with van der Waals surface area (Å²) in [6.45, 7) is 1.57. The summed E-state index contributed by atoms with van der Waals surface area (Å²) in [5.74, 6) is 0.166. The summed E-state index contributed by atoms with van der Waals surface area (Å²) in [7, 11) is 0. The fourth-order valence-electron chi connectivity index (χ4n) is 3.73. The largest absolute Gasteiger partial charge is 0.457 e. The maximum absolute atomic E-state index is 12.5. The third kappa shape index (κ3) is 4.22. The highest BCUT2D eigenvalue weighted by Gasteiger charge is 2.31. The Morgan fingerprint density at radius 1 is 0.950 bits per heavy atom. The Balaban J connectivity index is 1.97. The molecule has 0 bridgehead atoms. The molecule has 20 heavy (non-hydrogen) atoms. The standard InChI is InChI=1S/C16H26NO3/c18-13-20-12-11-16(19)17(14-7-3-1-4-8-14)15-9-5-2-6-10-15/h14-15H,1-12H2. The van der Waals surface area contributed by atoms with Crippen LogP contribution >= 0.6 is 0 Å². The van der Waals surface area contributed by atoms with E-state index in [1.54, 1.807) is 0 Å². The highest BCUT2D eigenvalue weighted by molar-refractivity contribution is 5.77. The van der Waals surface area contributed by atoms with Crippen molar-refractivity contribution in [2.45, 2.75) is 82.7 Å². The normalized spacial score (nSPS) is 21.4. The van der Waals surface area contributed by atoms with Gasteiger partial charge in [-0.3, -0.25) is 4.79 Å². The molecule has 2 saturated carbocycles. The molecule has 0 spiro atoms. The van der Waals surface area contributed by atoms with Crippen LogP contribution in [0.4, 0.5) is 0 Å². The SMILES string of the molecule is O=[C]OCCC(=O)N(C1CCCCC1)C1CCCCC1. The number of carbonyl (C=O) groups is 1. The lowest BCUT2D eigenvalue weighted by atomic mass is 9.88. The van der Waals surface area contributed by atoms with E-state index in [0.29, 0.717) is 18.5 Å². The molecule has 0 heterocycles. The van der Waals surface area contributed by atoms with E-state index in [-0.39, 0.29) is 12.5 Å². The first-order valence-corrected chi connectivity index (χ1v) is 8.13. The van der Waals surface area contributed by atoms with Gasteiger partial charge >= 0.3 is 6.47 Å². The van der Waals surface area contributed by atoms with Crippen LogP contribution in [0.2, 0.25) is 0 Å². The molecule has 0 aromatic rings. The smallest absolute Gasteiger partial charge is 0.417 e. The molecule has 0 saturated heterocycles. The molecule has 2 fully saturated rings. The summed E-state index contributed by atoms with van der Waals surface area (Å²) >= 11 is 0. The van der Waals surface area contributed by atoms with Crippen LogP contribution in [0.15, 0.2) is 0 Å². The Labute approximate surface area is 121 Å². The highest BCUT2D eigenvalue weighted by Crippen LogP contribution is 2.30. The van der Waals surface area contributed by atoms with Crippen LogP contribution < -0.4 is 0 Å². The fourth-order valence-corrected chi connectivity index (χ4v) is 3.73. The van der Waals surface area contributed by atoms with E-state index in [0.717, 1.165) is 25.7 Å². The van der Waals surface area contributed by atoms with E-state index < -0.39 is 0 Å². The summed E-state index contributed by atoms with van der Waals surface area (Å²) in [5.41, 5.74) is 0. The van der Waals surface area contributed by atoms with Gasteiger partial charge in [-0.25, -0.2) is 4.79 Å². The Hall–Kier alpha value is -1.06. The summed E-state index contributed by atoms with van der Waals surface area (Å²) in [4.78, 5) is 24.8. The number of hydrogen-bond donors (Lipinski definition) is 0. The lowest BCUT2D eigenvalue weighted by Gasteiger charge is -2.41. The average Bonchev–Trinajstić information content (AvgIpc) is 2.50. The van der Waals surface area contributed by atoms with Gasteiger partial charge in [0.2, 0.25) is 5.91 Å². The van der Waals surface area contributed by atoms with Crippen LogP contribution in [-0.2, 0) is 14.3 Å². The Morgan fingerprint density at radius 2 is 1.45 bits per heavy atom. The number of ether oxygens (including phenoxy) is 1. The van der Waals surface area contributed by atoms with Gasteiger partial charge in [-0.1, -0.05) is 38.5 Å². The summed E-state index contributed by atoms with van der Waals surface area (Å²) in [6.07, 6.45) is 12.4. The topological polar surface area (TPSA) is 46.6 Å². The lowest BCUT2D eigenvalue weighted by Crippen LogP contribution is -2.49. The van der Waals surface area contributed by atoms with Gasteiger partial charge in [0.25, 0.3) is 0 Å². The van der Waals surface area contributed by atoms with Gasteiger partial charge in [-0.15, -0.1) is 0 Å². The van der Waals surface area contributed by atoms with Crippen molar-refractivity contribution in [3.63, 3.8) is 0 Å². The quantitative estimate of drug-likeness (QED) is 0.703. The fraction of sp³-hybridized carbons (Fsp3) is 0.875. The van der Waals surface area contributed by atoms with Crippen molar-refractivity contribution >= 4 is 12.4 Å². The third-order valence-electron chi connectivity index (χ3n) is 4.70. The number of rotatable bonds is 6. The highest BCUT2D eigenvalue weighted by atomic mass is 16.5. The second-order valence-corrected chi connectivity index (χ2v) is 6.07. The van der Waals surface area contributed by atoms with E-state index in [4.69, 9.17) is 0 Å².